The van der Waals surface area contributed by atoms with Crippen molar-refractivity contribution in [2.75, 3.05) is 0 Å². The number of aliphatic carboxylic acids is 1. The van der Waals surface area contributed by atoms with Gasteiger partial charge in [-0.15, -0.1) is 0 Å². The molecule has 2 heteroatoms. The maximum atomic E-state index is 9.60. The summed E-state index contributed by atoms with van der Waals surface area (Å²) in [7, 11) is 0. The molecule has 2 nitrogen and oxygen atoms in total. The summed E-state index contributed by atoms with van der Waals surface area (Å²) in [4.78, 5) is 9.60. The molecule has 0 aromatic heterocycles. The molecule has 0 saturated heterocycles. The van der Waals surface area contributed by atoms with Crippen LogP contribution in [0.3, 0.4) is 0 Å². The molecule has 4 fully saturated rings. The fourth-order valence-corrected chi connectivity index (χ4v) is 6.20. The van der Waals surface area contributed by atoms with Crippen LogP contribution >= 0.6 is 0 Å². The van der Waals surface area contributed by atoms with Crippen LogP contribution in [0.1, 0.15) is 66.7 Å². The van der Waals surface area contributed by atoms with Gasteiger partial charge in [0.1, 0.15) is 0 Å². The summed E-state index contributed by atoms with van der Waals surface area (Å²) in [6.07, 6.45) is 7.79. The van der Waals surface area contributed by atoms with Crippen molar-refractivity contribution >= 4 is 5.97 Å². The number of carbonyl (C=O) groups is 1. The van der Waals surface area contributed by atoms with Gasteiger partial charge in [-0.25, -0.2) is 4.79 Å². The third-order valence-corrected chi connectivity index (χ3v) is 5.97. The van der Waals surface area contributed by atoms with Crippen LogP contribution < -0.4 is 0 Å². The monoisotopic (exact) mass is 292 g/mol. The van der Waals surface area contributed by atoms with Crippen LogP contribution in [0.15, 0.2) is 12.2 Å². The lowest BCUT2D eigenvalue weighted by Crippen LogP contribution is -2.55. The molecule has 0 aliphatic heterocycles. The molecule has 120 valence electrons. The second-order valence-corrected chi connectivity index (χ2v) is 9.19. The van der Waals surface area contributed by atoms with Crippen LogP contribution in [0.25, 0.3) is 0 Å². The zero-order valence-corrected chi connectivity index (χ0v) is 14.4. The van der Waals surface area contributed by atoms with Gasteiger partial charge in [0.25, 0.3) is 0 Å². The maximum Gasteiger partial charge on any atom is 0.330 e. The molecule has 4 bridgehead atoms. The molecule has 3 unspecified atom stereocenters. The zero-order valence-electron chi connectivity index (χ0n) is 14.4. The molecule has 1 N–H and O–H groups in total. The Balaban J connectivity index is 0.000000232. The lowest BCUT2D eigenvalue weighted by atomic mass is 9.42. The molecule has 0 radical (unpaired) electrons. The van der Waals surface area contributed by atoms with E-state index in [1.54, 1.807) is 32.1 Å². The largest absolute Gasteiger partial charge is 0.478 e. The standard InChI is InChI=1S/C15H26.C4H6O2/c1-14(2,3)13-12-6-10-5-11(7-12)9-15(13,4)8-10;1-3(2)4(5)6/h10-13H,5-9H2,1-4H3;1H2,2H3,(H,5,6). The van der Waals surface area contributed by atoms with Crippen LogP contribution in [-0.4, -0.2) is 11.1 Å². The first kappa shape index (κ1) is 16.6. The first-order valence-corrected chi connectivity index (χ1v) is 8.42. The number of hydrogen-bond donors (Lipinski definition) is 1. The van der Waals surface area contributed by atoms with Crippen molar-refractivity contribution in [3.8, 4) is 0 Å². The summed E-state index contributed by atoms with van der Waals surface area (Å²) in [5.41, 5.74) is 1.41. The minimum Gasteiger partial charge on any atom is -0.478 e. The smallest absolute Gasteiger partial charge is 0.330 e. The van der Waals surface area contributed by atoms with Crippen molar-refractivity contribution in [2.45, 2.75) is 66.7 Å². The van der Waals surface area contributed by atoms with E-state index in [1.165, 1.54) is 6.92 Å². The summed E-state index contributed by atoms with van der Waals surface area (Å²) in [5, 5.41) is 7.89. The van der Waals surface area contributed by atoms with E-state index in [2.05, 4.69) is 34.3 Å². The van der Waals surface area contributed by atoms with Gasteiger partial charge in [0.2, 0.25) is 0 Å². The molecular formula is C19H32O2. The SMILES string of the molecule is C=C(C)C(=O)O.CC(C)(C)C1C2CC3CC(C2)CC1(C)C3. The van der Waals surface area contributed by atoms with Crippen LogP contribution in [0.4, 0.5) is 0 Å². The Hall–Kier alpha value is -0.790. The fourth-order valence-electron chi connectivity index (χ4n) is 6.20. The minimum atomic E-state index is -0.935. The number of carboxylic acid groups (broad SMARTS) is 1. The first-order chi connectivity index (χ1) is 9.53. The molecule has 0 amide bonds. The Labute approximate surface area is 130 Å². The fraction of sp³-hybridized carbons (Fsp3) is 0.842. The Morgan fingerprint density at radius 1 is 1.14 bits per heavy atom. The van der Waals surface area contributed by atoms with Gasteiger partial charge in [-0.05, 0) is 73.5 Å². The summed E-state index contributed by atoms with van der Waals surface area (Å²) in [5.74, 6) is 3.34. The predicted octanol–water partition coefficient (Wildman–Crippen LogP) is 5.14. The van der Waals surface area contributed by atoms with Crippen molar-refractivity contribution < 1.29 is 9.90 Å². The van der Waals surface area contributed by atoms with Crippen molar-refractivity contribution in [3.05, 3.63) is 12.2 Å². The van der Waals surface area contributed by atoms with Gasteiger partial charge in [0.15, 0.2) is 0 Å². The molecule has 0 aromatic rings. The highest BCUT2D eigenvalue weighted by Crippen LogP contribution is 2.66. The number of rotatable bonds is 1. The van der Waals surface area contributed by atoms with Crippen molar-refractivity contribution in [2.24, 2.45) is 34.5 Å². The molecular weight excluding hydrogens is 260 g/mol. The van der Waals surface area contributed by atoms with Crippen LogP contribution in [0, 0.1) is 34.5 Å². The van der Waals surface area contributed by atoms with Crippen LogP contribution in [-0.2, 0) is 4.79 Å². The highest BCUT2D eigenvalue weighted by atomic mass is 16.4. The van der Waals surface area contributed by atoms with Crippen molar-refractivity contribution in [1.82, 2.24) is 0 Å². The second kappa shape index (κ2) is 5.44. The Bertz CT molecular complexity index is 403. The second-order valence-electron chi connectivity index (χ2n) is 9.19. The van der Waals surface area contributed by atoms with E-state index in [9.17, 15) is 4.79 Å². The minimum absolute atomic E-state index is 0.176. The lowest BCUT2D eigenvalue weighted by molar-refractivity contribution is -0.138. The molecule has 0 heterocycles. The predicted molar refractivity (Wildman–Crippen MR) is 87.1 cm³/mol. The van der Waals surface area contributed by atoms with Gasteiger partial charge in [0, 0.05) is 5.57 Å². The molecule has 4 aliphatic carbocycles. The van der Waals surface area contributed by atoms with Crippen LogP contribution in [0.5, 0.6) is 0 Å². The first-order valence-electron chi connectivity index (χ1n) is 8.42. The number of carboxylic acids is 1. The van der Waals surface area contributed by atoms with Gasteiger partial charge in [-0.3, -0.25) is 0 Å². The van der Waals surface area contributed by atoms with Crippen LogP contribution in [0.2, 0.25) is 0 Å². The van der Waals surface area contributed by atoms with Gasteiger partial charge < -0.3 is 5.11 Å². The average Bonchev–Trinajstić information content (AvgIpc) is 2.23. The van der Waals surface area contributed by atoms with Gasteiger partial charge in [0.05, 0.1) is 0 Å². The zero-order chi connectivity index (χ0) is 16.0. The Morgan fingerprint density at radius 3 is 1.86 bits per heavy atom. The maximum absolute atomic E-state index is 9.60. The quantitative estimate of drug-likeness (QED) is 0.679. The van der Waals surface area contributed by atoms with E-state index < -0.39 is 5.97 Å². The molecule has 0 aromatic carbocycles. The summed E-state index contributed by atoms with van der Waals surface area (Å²) in [6.45, 7) is 14.6. The summed E-state index contributed by atoms with van der Waals surface area (Å²) < 4.78 is 0. The summed E-state index contributed by atoms with van der Waals surface area (Å²) >= 11 is 0. The van der Waals surface area contributed by atoms with E-state index in [-0.39, 0.29) is 5.57 Å². The average molecular weight is 292 g/mol. The van der Waals surface area contributed by atoms with Gasteiger partial charge in [-0.1, -0.05) is 34.3 Å². The molecule has 4 saturated carbocycles. The lowest BCUT2D eigenvalue weighted by Gasteiger charge is -2.63. The van der Waals surface area contributed by atoms with E-state index in [4.69, 9.17) is 5.11 Å². The molecule has 0 spiro atoms. The topological polar surface area (TPSA) is 37.3 Å². The summed E-state index contributed by atoms with van der Waals surface area (Å²) in [6, 6.07) is 0. The molecule has 4 aliphatic rings. The van der Waals surface area contributed by atoms with Crippen molar-refractivity contribution in [3.63, 3.8) is 0 Å². The molecule has 4 rings (SSSR count). The van der Waals surface area contributed by atoms with E-state index in [0.29, 0.717) is 10.8 Å². The van der Waals surface area contributed by atoms with E-state index >= 15 is 0 Å². The normalized spacial score (nSPS) is 40.4. The third kappa shape index (κ3) is 3.35. The van der Waals surface area contributed by atoms with Gasteiger partial charge >= 0.3 is 5.97 Å². The Kier molecular flexibility index (Phi) is 4.30. The third-order valence-electron chi connectivity index (χ3n) is 5.97. The highest BCUT2D eigenvalue weighted by Gasteiger charge is 2.57. The molecule has 3 atom stereocenters. The molecule has 21 heavy (non-hydrogen) atoms. The highest BCUT2D eigenvalue weighted by molar-refractivity contribution is 5.84. The van der Waals surface area contributed by atoms with E-state index in [1.807, 2.05) is 0 Å². The van der Waals surface area contributed by atoms with E-state index in [0.717, 1.165) is 23.7 Å². The van der Waals surface area contributed by atoms with Crippen molar-refractivity contribution in [1.29, 1.82) is 0 Å². The Morgan fingerprint density at radius 2 is 1.57 bits per heavy atom. The number of hydrogen-bond acceptors (Lipinski definition) is 1. The van der Waals surface area contributed by atoms with Gasteiger partial charge in [-0.2, -0.15) is 0 Å².